The van der Waals surface area contributed by atoms with Gasteiger partial charge in [-0.1, -0.05) is 41.6 Å². The lowest BCUT2D eigenvalue weighted by atomic mass is 10.3. The summed E-state index contributed by atoms with van der Waals surface area (Å²) in [5, 5.41) is 3.65. The van der Waals surface area contributed by atoms with Crippen LogP contribution in [0.1, 0.15) is 5.69 Å². The number of anilines is 1. The highest BCUT2D eigenvalue weighted by atomic mass is 35.5. The first-order valence-electron chi connectivity index (χ1n) is 8.77. The fraction of sp³-hybridized carbons (Fsp3) is 0.150. The van der Waals surface area contributed by atoms with Crippen molar-refractivity contribution in [1.82, 2.24) is 14.3 Å². The van der Waals surface area contributed by atoms with E-state index in [4.69, 9.17) is 16.0 Å². The molecule has 2 aromatic heterocycles. The molecule has 0 aliphatic rings. The second-order valence-corrected chi connectivity index (χ2v) is 7.73. The average molecular weight is 429 g/mol. The Kier molecular flexibility index (Phi) is 5.21. The van der Waals surface area contributed by atoms with Gasteiger partial charge in [0.1, 0.15) is 11.2 Å². The maximum atomic E-state index is 12.8. The number of nitrogens with one attached hydrogen (secondary N) is 1. The van der Waals surface area contributed by atoms with Crippen LogP contribution in [0.3, 0.4) is 0 Å². The maximum absolute atomic E-state index is 12.8. The third kappa shape index (κ3) is 3.81. The standard InChI is InChI=1S/C20H17ClN4O3S/c1-12-18(19(27)25(24(12)2)14-6-4-3-5-7-14)23-17(26)11-29-20-22-15-10-13(21)8-9-16(15)28-20/h3-10H,11H2,1-2H3,(H,23,26). The Hall–Kier alpha value is -2.97. The van der Waals surface area contributed by atoms with E-state index < -0.39 is 0 Å². The van der Waals surface area contributed by atoms with Gasteiger partial charge in [-0.2, -0.15) is 0 Å². The smallest absolute Gasteiger partial charge is 0.295 e. The first kappa shape index (κ1) is 19.4. The molecule has 0 spiro atoms. The van der Waals surface area contributed by atoms with E-state index in [1.165, 1.54) is 4.68 Å². The molecule has 0 saturated heterocycles. The monoisotopic (exact) mass is 428 g/mol. The molecule has 0 radical (unpaired) electrons. The van der Waals surface area contributed by atoms with Crippen LogP contribution in [0, 0.1) is 6.92 Å². The van der Waals surface area contributed by atoms with Crippen LogP contribution in [-0.4, -0.2) is 26.0 Å². The molecule has 29 heavy (non-hydrogen) atoms. The van der Waals surface area contributed by atoms with Gasteiger partial charge in [-0.3, -0.25) is 14.3 Å². The molecular weight excluding hydrogens is 412 g/mol. The number of para-hydroxylation sites is 1. The van der Waals surface area contributed by atoms with Crippen molar-refractivity contribution >= 4 is 46.1 Å². The molecule has 0 aliphatic carbocycles. The van der Waals surface area contributed by atoms with Gasteiger partial charge in [0, 0.05) is 12.1 Å². The van der Waals surface area contributed by atoms with Crippen LogP contribution in [0.15, 0.2) is 63.0 Å². The molecule has 1 N–H and O–H groups in total. The number of hydrogen-bond acceptors (Lipinski definition) is 5. The highest BCUT2D eigenvalue weighted by Crippen LogP contribution is 2.25. The Morgan fingerprint density at radius 3 is 2.76 bits per heavy atom. The van der Waals surface area contributed by atoms with E-state index >= 15 is 0 Å². The van der Waals surface area contributed by atoms with Gasteiger partial charge in [0.15, 0.2) is 5.58 Å². The highest BCUT2D eigenvalue weighted by Gasteiger charge is 2.18. The van der Waals surface area contributed by atoms with Crippen molar-refractivity contribution in [2.45, 2.75) is 12.1 Å². The molecule has 2 aromatic carbocycles. The van der Waals surface area contributed by atoms with Crippen LogP contribution in [0.5, 0.6) is 0 Å². The predicted octanol–water partition coefficient (Wildman–Crippen LogP) is 4.01. The number of carbonyl (C=O) groups excluding carboxylic acids is 1. The number of oxazole rings is 1. The fourth-order valence-electron chi connectivity index (χ4n) is 2.96. The molecule has 0 fully saturated rings. The van der Waals surface area contributed by atoms with Gasteiger partial charge in [0.2, 0.25) is 5.91 Å². The summed E-state index contributed by atoms with van der Waals surface area (Å²) < 4.78 is 8.83. The lowest BCUT2D eigenvalue weighted by molar-refractivity contribution is -0.113. The quantitative estimate of drug-likeness (QED) is 0.486. The van der Waals surface area contributed by atoms with E-state index in [0.29, 0.717) is 27.0 Å². The van der Waals surface area contributed by atoms with E-state index in [1.807, 2.05) is 30.3 Å². The molecule has 0 atom stereocenters. The Morgan fingerprint density at radius 1 is 1.24 bits per heavy atom. The summed E-state index contributed by atoms with van der Waals surface area (Å²) >= 11 is 7.10. The van der Waals surface area contributed by atoms with Crippen LogP contribution in [-0.2, 0) is 11.8 Å². The number of amides is 1. The molecule has 0 bridgehead atoms. The number of fused-ring (bicyclic) bond motifs is 1. The molecule has 4 rings (SSSR count). The van der Waals surface area contributed by atoms with E-state index in [-0.39, 0.29) is 22.9 Å². The number of hydrogen-bond donors (Lipinski definition) is 1. The molecule has 9 heteroatoms. The second-order valence-electron chi connectivity index (χ2n) is 6.37. The number of halogens is 1. The van der Waals surface area contributed by atoms with Crippen molar-refractivity contribution in [3.05, 3.63) is 69.6 Å². The Morgan fingerprint density at radius 2 is 2.00 bits per heavy atom. The lowest BCUT2D eigenvalue weighted by Gasteiger charge is -2.07. The normalized spacial score (nSPS) is 11.1. The largest absolute Gasteiger partial charge is 0.431 e. The van der Waals surface area contributed by atoms with E-state index in [1.54, 1.807) is 36.9 Å². The molecule has 1 amide bonds. The van der Waals surface area contributed by atoms with Crippen LogP contribution in [0.25, 0.3) is 16.8 Å². The van der Waals surface area contributed by atoms with Crippen molar-refractivity contribution < 1.29 is 9.21 Å². The lowest BCUT2D eigenvalue weighted by Crippen LogP contribution is -2.23. The molecule has 4 aromatic rings. The fourth-order valence-corrected chi connectivity index (χ4v) is 3.76. The van der Waals surface area contributed by atoms with Gasteiger partial charge < -0.3 is 9.73 Å². The molecular formula is C20H17ClN4O3S. The summed E-state index contributed by atoms with van der Waals surface area (Å²) in [5.74, 6) is -0.263. The van der Waals surface area contributed by atoms with Crippen molar-refractivity contribution in [1.29, 1.82) is 0 Å². The maximum Gasteiger partial charge on any atom is 0.295 e. The SMILES string of the molecule is Cc1c(NC(=O)CSc2nc3cc(Cl)ccc3o2)c(=O)n(-c2ccccc2)n1C. The Bertz CT molecular complexity index is 1260. The van der Waals surface area contributed by atoms with Crippen LogP contribution in [0.2, 0.25) is 5.02 Å². The minimum absolute atomic E-state index is 0.0552. The molecule has 7 nitrogen and oxygen atoms in total. The summed E-state index contributed by atoms with van der Waals surface area (Å²) in [6.07, 6.45) is 0. The van der Waals surface area contributed by atoms with Crippen molar-refractivity contribution in [3.8, 4) is 5.69 Å². The summed E-state index contributed by atoms with van der Waals surface area (Å²) in [6, 6.07) is 14.4. The molecule has 0 unspecified atom stereocenters. The molecule has 0 aliphatic heterocycles. The third-order valence-corrected chi connectivity index (χ3v) is 5.54. The minimum Gasteiger partial charge on any atom is -0.431 e. The van der Waals surface area contributed by atoms with E-state index in [2.05, 4.69) is 10.3 Å². The zero-order chi connectivity index (χ0) is 20.5. The van der Waals surface area contributed by atoms with Gasteiger partial charge >= 0.3 is 0 Å². The predicted molar refractivity (Wildman–Crippen MR) is 114 cm³/mol. The summed E-state index contributed by atoms with van der Waals surface area (Å²) in [6.45, 7) is 1.79. The topological polar surface area (TPSA) is 82.1 Å². The number of rotatable bonds is 5. The highest BCUT2D eigenvalue weighted by molar-refractivity contribution is 7.99. The van der Waals surface area contributed by atoms with Crippen molar-refractivity contribution in [3.63, 3.8) is 0 Å². The zero-order valence-corrected chi connectivity index (χ0v) is 17.3. The number of benzene rings is 2. The average Bonchev–Trinajstić information content (AvgIpc) is 3.20. The zero-order valence-electron chi connectivity index (χ0n) is 15.7. The third-order valence-electron chi connectivity index (χ3n) is 4.48. The molecule has 2 heterocycles. The van der Waals surface area contributed by atoms with Crippen LogP contribution < -0.4 is 10.9 Å². The number of nitrogens with zero attached hydrogens (tertiary/aromatic N) is 3. The van der Waals surface area contributed by atoms with E-state index in [0.717, 1.165) is 17.4 Å². The summed E-state index contributed by atoms with van der Waals surface area (Å²) in [4.78, 5) is 29.6. The van der Waals surface area contributed by atoms with Gasteiger partial charge in [0.05, 0.1) is 17.1 Å². The summed E-state index contributed by atoms with van der Waals surface area (Å²) in [7, 11) is 1.78. The second kappa shape index (κ2) is 7.81. The van der Waals surface area contributed by atoms with Gasteiger partial charge in [0.25, 0.3) is 10.8 Å². The number of thioether (sulfide) groups is 1. The van der Waals surface area contributed by atoms with Crippen molar-refractivity contribution in [2.24, 2.45) is 7.05 Å². The first-order chi connectivity index (χ1) is 13.9. The minimum atomic E-state index is -0.318. The van der Waals surface area contributed by atoms with E-state index in [9.17, 15) is 9.59 Å². The Balaban J connectivity index is 1.50. The van der Waals surface area contributed by atoms with Crippen molar-refractivity contribution in [2.75, 3.05) is 11.1 Å². The Labute approximate surface area is 175 Å². The van der Waals surface area contributed by atoms with Gasteiger partial charge in [-0.05, 0) is 37.3 Å². The van der Waals surface area contributed by atoms with Gasteiger partial charge in [-0.25, -0.2) is 9.67 Å². The molecule has 148 valence electrons. The first-order valence-corrected chi connectivity index (χ1v) is 10.1. The van der Waals surface area contributed by atoms with Crippen LogP contribution >= 0.6 is 23.4 Å². The number of aromatic nitrogens is 3. The van der Waals surface area contributed by atoms with Crippen LogP contribution in [0.4, 0.5) is 5.69 Å². The van der Waals surface area contributed by atoms with Gasteiger partial charge in [-0.15, -0.1) is 0 Å². The molecule has 0 saturated carbocycles. The number of carbonyl (C=O) groups is 1. The summed E-state index contributed by atoms with van der Waals surface area (Å²) in [5.41, 5.74) is 2.58.